The van der Waals surface area contributed by atoms with Gasteiger partial charge in [0.25, 0.3) is 5.91 Å². The molecule has 168 valence electrons. The zero-order valence-electron chi connectivity index (χ0n) is 18.5. The number of piperidine rings is 1. The van der Waals surface area contributed by atoms with Crippen LogP contribution in [-0.2, 0) is 4.74 Å². The van der Waals surface area contributed by atoms with E-state index in [0.717, 1.165) is 68.9 Å². The quantitative estimate of drug-likeness (QED) is 0.626. The molecule has 0 unspecified atom stereocenters. The van der Waals surface area contributed by atoms with Crippen molar-refractivity contribution in [1.82, 2.24) is 15.1 Å². The lowest BCUT2D eigenvalue weighted by Crippen LogP contribution is -2.41. The largest absolute Gasteiger partial charge is 0.494 e. The number of amides is 1. The number of likely N-dealkylation sites (tertiary alicyclic amines) is 1. The molecule has 31 heavy (non-hydrogen) atoms. The van der Waals surface area contributed by atoms with Gasteiger partial charge in [0, 0.05) is 38.3 Å². The van der Waals surface area contributed by atoms with Crippen LogP contribution in [0.1, 0.15) is 36.0 Å². The van der Waals surface area contributed by atoms with Gasteiger partial charge in [0.1, 0.15) is 5.75 Å². The van der Waals surface area contributed by atoms with Gasteiger partial charge in [0.15, 0.2) is 0 Å². The first-order valence-electron chi connectivity index (χ1n) is 11.8. The van der Waals surface area contributed by atoms with E-state index in [-0.39, 0.29) is 5.91 Å². The third-order valence-electron chi connectivity index (χ3n) is 6.23. The molecule has 0 radical (unpaired) electrons. The summed E-state index contributed by atoms with van der Waals surface area (Å²) in [5.74, 6) is 0.877. The van der Waals surface area contributed by atoms with Crippen LogP contribution in [0, 0.1) is 0 Å². The number of carbonyl (C=O) groups excluding carboxylic acids is 1. The smallest absolute Gasteiger partial charge is 0.251 e. The molecule has 2 saturated heterocycles. The highest BCUT2D eigenvalue weighted by molar-refractivity contribution is 5.98. The van der Waals surface area contributed by atoms with Gasteiger partial charge in [0.05, 0.1) is 19.8 Å². The molecule has 1 amide bonds. The maximum absolute atomic E-state index is 12.5. The van der Waals surface area contributed by atoms with Gasteiger partial charge in [-0.3, -0.25) is 9.69 Å². The molecule has 0 aromatic heterocycles. The van der Waals surface area contributed by atoms with Crippen LogP contribution in [-0.4, -0.2) is 81.3 Å². The Kier molecular flexibility index (Phi) is 8.16. The van der Waals surface area contributed by atoms with Gasteiger partial charge < -0.3 is 19.7 Å². The number of fused-ring (bicyclic) bond motifs is 1. The maximum Gasteiger partial charge on any atom is 0.251 e. The van der Waals surface area contributed by atoms with Crippen LogP contribution in [0.3, 0.4) is 0 Å². The first-order chi connectivity index (χ1) is 15.3. The van der Waals surface area contributed by atoms with Crippen molar-refractivity contribution in [1.29, 1.82) is 0 Å². The number of morpholine rings is 1. The molecule has 0 aliphatic carbocycles. The van der Waals surface area contributed by atoms with Gasteiger partial charge in [0.2, 0.25) is 0 Å². The van der Waals surface area contributed by atoms with Crippen molar-refractivity contribution in [3.8, 4) is 5.75 Å². The van der Waals surface area contributed by atoms with Crippen molar-refractivity contribution in [2.45, 2.75) is 25.7 Å². The Labute approximate surface area is 185 Å². The van der Waals surface area contributed by atoms with E-state index in [4.69, 9.17) is 9.47 Å². The Balaban J connectivity index is 1.23. The number of ether oxygens (including phenoxy) is 2. The molecule has 0 atom stereocenters. The fourth-order valence-electron chi connectivity index (χ4n) is 4.37. The lowest BCUT2D eigenvalue weighted by molar-refractivity contribution is 0.0383. The van der Waals surface area contributed by atoms with Crippen molar-refractivity contribution in [2.24, 2.45) is 0 Å². The summed E-state index contributed by atoms with van der Waals surface area (Å²) in [7, 11) is 0. The van der Waals surface area contributed by atoms with Crippen molar-refractivity contribution in [3.63, 3.8) is 0 Å². The van der Waals surface area contributed by atoms with E-state index >= 15 is 0 Å². The van der Waals surface area contributed by atoms with E-state index in [1.807, 2.05) is 30.3 Å². The predicted molar refractivity (Wildman–Crippen MR) is 124 cm³/mol. The monoisotopic (exact) mass is 425 g/mol. The van der Waals surface area contributed by atoms with Crippen LogP contribution < -0.4 is 10.1 Å². The first kappa shape index (κ1) is 22.1. The number of rotatable bonds is 9. The highest BCUT2D eigenvalue weighted by Crippen LogP contribution is 2.22. The molecule has 1 N–H and O–H groups in total. The molecule has 6 heteroatoms. The second kappa shape index (κ2) is 11.5. The summed E-state index contributed by atoms with van der Waals surface area (Å²) in [6.07, 6.45) is 5.10. The Morgan fingerprint density at radius 3 is 2.48 bits per heavy atom. The van der Waals surface area contributed by atoms with Crippen LogP contribution in [0.15, 0.2) is 36.4 Å². The molecule has 2 aromatic rings. The fourth-order valence-corrected chi connectivity index (χ4v) is 4.37. The Hall–Kier alpha value is -2.15. The van der Waals surface area contributed by atoms with Crippen LogP contribution >= 0.6 is 0 Å². The number of carbonyl (C=O) groups is 1. The molecule has 2 fully saturated rings. The Morgan fingerprint density at radius 2 is 1.65 bits per heavy atom. The molecule has 0 saturated carbocycles. The minimum atomic E-state index is -0.0202. The average molecular weight is 426 g/mol. The van der Waals surface area contributed by atoms with Crippen molar-refractivity contribution in [2.75, 3.05) is 65.6 Å². The van der Waals surface area contributed by atoms with Crippen LogP contribution in [0.25, 0.3) is 10.8 Å². The standard InChI is InChI=1S/C25H35N3O3/c29-25(26-9-13-28-14-17-30-18-15-28)23-6-5-22-20-24(8-7-21(22)19-23)31-16-4-12-27-10-2-1-3-11-27/h5-8,19-20H,1-4,9-18H2,(H,26,29). The van der Waals surface area contributed by atoms with Crippen molar-refractivity contribution < 1.29 is 14.3 Å². The van der Waals surface area contributed by atoms with E-state index in [9.17, 15) is 4.79 Å². The van der Waals surface area contributed by atoms with Gasteiger partial charge in [-0.15, -0.1) is 0 Å². The Morgan fingerprint density at radius 1 is 0.903 bits per heavy atom. The molecule has 6 nitrogen and oxygen atoms in total. The third kappa shape index (κ3) is 6.66. The molecular weight excluding hydrogens is 390 g/mol. The zero-order valence-corrected chi connectivity index (χ0v) is 18.5. The lowest BCUT2D eigenvalue weighted by atomic mass is 10.1. The molecule has 4 rings (SSSR count). The van der Waals surface area contributed by atoms with E-state index in [1.165, 1.54) is 32.4 Å². The number of nitrogens with zero attached hydrogens (tertiary/aromatic N) is 2. The summed E-state index contributed by atoms with van der Waals surface area (Å²) in [5.41, 5.74) is 0.699. The lowest BCUT2D eigenvalue weighted by Gasteiger charge is -2.26. The molecule has 2 aliphatic heterocycles. The van der Waals surface area contributed by atoms with Gasteiger partial charge >= 0.3 is 0 Å². The maximum atomic E-state index is 12.5. The highest BCUT2D eigenvalue weighted by Gasteiger charge is 2.12. The van der Waals surface area contributed by atoms with Crippen LogP contribution in [0.2, 0.25) is 0 Å². The third-order valence-corrected chi connectivity index (χ3v) is 6.23. The Bertz CT molecular complexity index is 845. The van der Waals surface area contributed by atoms with Crippen LogP contribution in [0.5, 0.6) is 5.75 Å². The van der Waals surface area contributed by atoms with Gasteiger partial charge in [-0.05, 0) is 67.4 Å². The minimum absolute atomic E-state index is 0.0202. The molecule has 2 heterocycles. The molecule has 2 aliphatic rings. The predicted octanol–water partition coefficient (Wildman–Crippen LogP) is 3.16. The van der Waals surface area contributed by atoms with Gasteiger partial charge in [-0.25, -0.2) is 0 Å². The summed E-state index contributed by atoms with van der Waals surface area (Å²) in [6, 6.07) is 12.0. The summed E-state index contributed by atoms with van der Waals surface area (Å²) in [6.45, 7) is 9.29. The molecular formula is C25H35N3O3. The van der Waals surface area contributed by atoms with E-state index in [0.29, 0.717) is 12.1 Å². The number of hydrogen-bond acceptors (Lipinski definition) is 5. The second-order valence-corrected chi connectivity index (χ2v) is 8.54. The average Bonchev–Trinajstić information content (AvgIpc) is 2.83. The van der Waals surface area contributed by atoms with Crippen molar-refractivity contribution in [3.05, 3.63) is 42.0 Å². The van der Waals surface area contributed by atoms with Crippen LogP contribution in [0.4, 0.5) is 0 Å². The van der Waals surface area contributed by atoms with Gasteiger partial charge in [-0.1, -0.05) is 18.6 Å². The highest BCUT2D eigenvalue weighted by atomic mass is 16.5. The second-order valence-electron chi connectivity index (χ2n) is 8.54. The SMILES string of the molecule is O=C(NCCN1CCOCC1)c1ccc2cc(OCCCN3CCCCC3)ccc2c1. The van der Waals surface area contributed by atoms with Gasteiger partial charge in [-0.2, -0.15) is 0 Å². The molecule has 0 bridgehead atoms. The topological polar surface area (TPSA) is 54.0 Å². The summed E-state index contributed by atoms with van der Waals surface area (Å²) in [5, 5.41) is 5.19. The van der Waals surface area contributed by atoms with E-state index in [2.05, 4.69) is 21.2 Å². The zero-order chi connectivity index (χ0) is 21.3. The number of nitrogens with one attached hydrogen (secondary N) is 1. The molecule has 2 aromatic carbocycles. The first-order valence-corrected chi connectivity index (χ1v) is 11.8. The molecule has 0 spiro atoms. The summed E-state index contributed by atoms with van der Waals surface area (Å²) >= 11 is 0. The van der Waals surface area contributed by atoms with E-state index in [1.54, 1.807) is 0 Å². The normalized spacial score (nSPS) is 18.2. The number of benzene rings is 2. The van der Waals surface area contributed by atoms with Crippen molar-refractivity contribution >= 4 is 16.7 Å². The summed E-state index contributed by atoms with van der Waals surface area (Å²) in [4.78, 5) is 17.4. The van der Waals surface area contributed by atoms with E-state index < -0.39 is 0 Å². The minimum Gasteiger partial charge on any atom is -0.494 e. The number of hydrogen-bond donors (Lipinski definition) is 1. The summed E-state index contributed by atoms with van der Waals surface area (Å²) < 4.78 is 11.3. The fraction of sp³-hybridized carbons (Fsp3) is 0.560.